The van der Waals surface area contributed by atoms with Gasteiger partial charge in [0.2, 0.25) is 0 Å². The summed E-state index contributed by atoms with van der Waals surface area (Å²) in [4.78, 5) is 47.5. The molecular formula is C24H13NaO8. The van der Waals surface area contributed by atoms with E-state index in [9.17, 15) is 39.6 Å². The van der Waals surface area contributed by atoms with Gasteiger partial charge in [0.15, 0.2) is 0 Å². The normalized spacial score (nSPS) is 11.2. The van der Waals surface area contributed by atoms with Crippen molar-refractivity contribution in [2.24, 2.45) is 0 Å². The van der Waals surface area contributed by atoms with Crippen LogP contribution in [-0.2, 0) is 0 Å². The number of fused-ring (bicyclic) bond motifs is 2. The Morgan fingerprint density at radius 1 is 0.424 bits per heavy atom. The van der Waals surface area contributed by atoms with E-state index < -0.39 is 23.9 Å². The van der Waals surface area contributed by atoms with Crippen molar-refractivity contribution in [2.45, 2.75) is 0 Å². The zero-order valence-corrected chi connectivity index (χ0v) is 19.0. The molecule has 9 heteroatoms. The number of benzene rings is 5. The number of carbonyl (C=O) groups is 4. The monoisotopic (exact) mass is 452 g/mol. The van der Waals surface area contributed by atoms with Crippen molar-refractivity contribution >= 4 is 67.0 Å². The molecule has 0 atom stereocenters. The van der Waals surface area contributed by atoms with Gasteiger partial charge in [-0.1, -0.05) is 24.3 Å². The fourth-order valence-electron chi connectivity index (χ4n) is 4.60. The third-order valence-corrected chi connectivity index (χ3v) is 5.82. The van der Waals surface area contributed by atoms with Gasteiger partial charge < -0.3 is 21.9 Å². The van der Waals surface area contributed by atoms with Gasteiger partial charge in [-0.15, -0.1) is 0 Å². The van der Waals surface area contributed by atoms with Crippen LogP contribution in [0.25, 0.3) is 43.1 Å². The maximum atomic E-state index is 11.9. The van der Waals surface area contributed by atoms with Crippen molar-refractivity contribution in [3.63, 3.8) is 0 Å². The predicted octanol–water partition coefficient (Wildman–Crippen LogP) is 1.65. The van der Waals surface area contributed by atoms with E-state index in [-0.39, 0.29) is 64.0 Å². The largest absolute Gasteiger partial charge is 1.00 e. The molecule has 0 aliphatic rings. The van der Waals surface area contributed by atoms with Crippen molar-refractivity contribution in [1.82, 2.24) is 0 Å². The van der Waals surface area contributed by atoms with Crippen molar-refractivity contribution < 1.29 is 70.6 Å². The first-order valence-electron chi connectivity index (χ1n) is 9.35. The van der Waals surface area contributed by atoms with E-state index in [4.69, 9.17) is 0 Å². The van der Waals surface area contributed by atoms with Crippen molar-refractivity contribution in [2.75, 3.05) is 0 Å². The predicted molar refractivity (Wildman–Crippen MR) is 117 cm³/mol. The van der Waals surface area contributed by atoms with E-state index in [0.29, 0.717) is 32.3 Å². The summed E-state index contributed by atoms with van der Waals surface area (Å²) in [5.41, 5.74) is -0.696. The number of rotatable bonds is 4. The molecule has 0 aromatic heterocycles. The summed E-state index contributed by atoms with van der Waals surface area (Å²) >= 11 is 0. The summed E-state index contributed by atoms with van der Waals surface area (Å²) in [6.07, 6.45) is 0. The molecule has 158 valence electrons. The molecule has 4 N–H and O–H groups in total. The van der Waals surface area contributed by atoms with Gasteiger partial charge in [0.1, 0.15) is 0 Å². The molecule has 0 bridgehead atoms. The Kier molecular flexibility index (Phi) is 5.24. The van der Waals surface area contributed by atoms with Gasteiger partial charge in [-0.25, -0.2) is 19.2 Å². The Morgan fingerprint density at radius 2 is 0.636 bits per heavy atom. The number of carboxylic acids is 4. The molecule has 0 spiro atoms. The third kappa shape index (κ3) is 3.03. The molecule has 0 saturated carbocycles. The van der Waals surface area contributed by atoms with Crippen molar-refractivity contribution in [3.8, 4) is 0 Å². The van der Waals surface area contributed by atoms with Crippen LogP contribution in [0.5, 0.6) is 0 Å². The molecule has 5 rings (SSSR count). The van der Waals surface area contributed by atoms with Crippen molar-refractivity contribution in [3.05, 3.63) is 70.8 Å². The average Bonchev–Trinajstić information content (AvgIpc) is 2.75. The smallest absolute Gasteiger partial charge is 1.00 e. The number of aromatic carboxylic acids is 4. The fourth-order valence-corrected chi connectivity index (χ4v) is 4.60. The van der Waals surface area contributed by atoms with Gasteiger partial charge in [-0.05, 0) is 56.6 Å². The maximum absolute atomic E-state index is 11.9. The van der Waals surface area contributed by atoms with Gasteiger partial charge in [-0.3, -0.25) is 0 Å². The Bertz CT molecular complexity index is 1450. The van der Waals surface area contributed by atoms with Gasteiger partial charge in [0.05, 0.1) is 22.3 Å². The van der Waals surface area contributed by atoms with Crippen LogP contribution in [-0.4, -0.2) is 44.3 Å². The third-order valence-electron chi connectivity index (χ3n) is 5.82. The fraction of sp³-hybridized carbons (Fsp3) is 0. The van der Waals surface area contributed by atoms with Gasteiger partial charge in [-0.2, -0.15) is 0 Å². The average molecular weight is 452 g/mol. The second-order valence-electron chi connectivity index (χ2n) is 7.36. The van der Waals surface area contributed by atoms with Crippen LogP contribution in [0.2, 0.25) is 0 Å². The number of hydrogen-bond acceptors (Lipinski definition) is 4. The molecule has 0 heterocycles. The summed E-state index contributed by atoms with van der Waals surface area (Å²) in [5, 5.41) is 41.7. The maximum Gasteiger partial charge on any atom is 1.00 e. The summed E-state index contributed by atoms with van der Waals surface area (Å²) in [6.45, 7) is 0. The quantitative estimate of drug-likeness (QED) is 0.183. The van der Waals surface area contributed by atoms with E-state index in [1.54, 1.807) is 0 Å². The Morgan fingerprint density at radius 3 is 0.818 bits per heavy atom. The molecular weight excluding hydrogens is 439 g/mol. The zero-order valence-electron chi connectivity index (χ0n) is 18.0. The molecule has 5 aromatic rings. The first-order chi connectivity index (χ1) is 15.2. The molecule has 8 nitrogen and oxygen atoms in total. The van der Waals surface area contributed by atoms with Crippen LogP contribution >= 0.6 is 0 Å². The summed E-state index contributed by atoms with van der Waals surface area (Å²) < 4.78 is 0. The van der Waals surface area contributed by atoms with Crippen LogP contribution in [0.3, 0.4) is 0 Å². The zero-order chi connectivity index (χ0) is 22.9. The van der Waals surface area contributed by atoms with Crippen LogP contribution in [0.1, 0.15) is 42.9 Å². The van der Waals surface area contributed by atoms with E-state index in [2.05, 4.69) is 0 Å². The van der Waals surface area contributed by atoms with Crippen LogP contribution in [0.4, 0.5) is 0 Å². The van der Waals surface area contributed by atoms with Crippen molar-refractivity contribution in [1.29, 1.82) is 0 Å². The summed E-state index contributed by atoms with van der Waals surface area (Å²) in [5.74, 6) is -5.13. The standard InChI is InChI=1S/C24H12O8.Na.H/c25-21(26)13-5-1-9-10-2-6-15(23(29)30)20-16(24(31)32)8-4-12(18(10)20)11-3-7-14(22(27)28)19(13)17(9)11;;/h1-8H,(H,25,26)(H,27,28)(H,29,30)(H,31,32);;/q;+1;-1. The molecule has 0 radical (unpaired) electrons. The van der Waals surface area contributed by atoms with E-state index in [1.807, 2.05) is 0 Å². The van der Waals surface area contributed by atoms with Gasteiger partial charge in [0.25, 0.3) is 0 Å². The Balaban J connectivity index is 0.00000162. The van der Waals surface area contributed by atoms with Crippen LogP contribution in [0.15, 0.2) is 48.5 Å². The minimum Gasteiger partial charge on any atom is -1.00 e. The van der Waals surface area contributed by atoms with Gasteiger partial charge >= 0.3 is 53.4 Å². The molecule has 0 fully saturated rings. The topological polar surface area (TPSA) is 149 Å². The number of hydrogen-bond donors (Lipinski definition) is 4. The molecule has 0 unspecified atom stereocenters. The molecule has 5 aromatic carbocycles. The Labute approximate surface area is 207 Å². The first-order valence-corrected chi connectivity index (χ1v) is 9.35. The minimum atomic E-state index is -1.28. The molecule has 0 amide bonds. The minimum absolute atomic E-state index is 0. The Hall–Kier alpha value is -3.72. The second-order valence-corrected chi connectivity index (χ2v) is 7.36. The second kappa shape index (κ2) is 7.70. The van der Waals surface area contributed by atoms with E-state index in [1.165, 1.54) is 48.5 Å². The molecule has 33 heavy (non-hydrogen) atoms. The van der Waals surface area contributed by atoms with Crippen LogP contribution < -0.4 is 29.6 Å². The van der Waals surface area contributed by atoms with E-state index in [0.717, 1.165) is 0 Å². The van der Waals surface area contributed by atoms with Crippen LogP contribution in [0, 0.1) is 0 Å². The SMILES string of the molecule is O=C(O)c1ccc2c3ccc(C(=O)O)c4c(C(=O)O)ccc(c5ccc(C(=O)O)c1c25)c43.[H-].[Na+]. The summed E-state index contributed by atoms with van der Waals surface area (Å²) in [6, 6.07) is 11.4. The first kappa shape index (κ1) is 22.5. The van der Waals surface area contributed by atoms with E-state index >= 15 is 0 Å². The summed E-state index contributed by atoms with van der Waals surface area (Å²) in [7, 11) is 0. The number of carboxylic acid groups (broad SMARTS) is 4. The molecule has 0 saturated heterocycles. The van der Waals surface area contributed by atoms with Gasteiger partial charge in [0, 0.05) is 10.8 Å². The molecule has 0 aliphatic carbocycles. The molecule has 0 aliphatic heterocycles.